The van der Waals surface area contributed by atoms with Crippen LogP contribution in [0.25, 0.3) is 0 Å². The lowest BCUT2D eigenvalue weighted by Crippen LogP contribution is -2.60. The number of aliphatic hydroxyl groups excluding tert-OH is 1. The van der Waals surface area contributed by atoms with Crippen LogP contribution in [0.5, 0.6) is 0 Å². The molecule has 0 bridgehead atoms. The third kappa shape index (κ3) is 2.20. The van der Waals surface area contributed by atoms with E-state index in [9.17, 15) is 5.11 Å². The Balaban J connectivity index is 2.70. The second-order valence-electron chi connectivity index (χ2n) is 5.46. The monoisotopic (exact) mass is 172 g/mol. The fourth-order valence-corrected chi connectivity index (χ4v) is 2.77. The fourth-order valence-electron chi connectivity index (χ4n) is 2.77. The zero-order valence-electron chi connectivity index (χ0n) is 8.56. The van der Waals surface area contributed by atoms with Crippen LogP contribution in [0.1, 0.15) is 40.0 Å². The summed E-state index contributed by atoms with van der Waals surface area (Å²) < 4.78 is 0. The van der Waals surface area contributed by atoms with E-state index in [0.717, 1.165) is 19.4 Å². The molecule has 12 heavy (non-hydrogen) atoms. The Bertz CT molecular complexity index is 167. The number of rotatable bonds is 1. The van der Waals surface area contributed by atoms with Crippen LogP contribution in [-0.4, -0.2) is 17.8 Å². The van der Waals surface area contributed by atoms with Crippen LogP contribution in [0.15, 0.2) is 0 Å². The normalized spacial score (nSPS) is 41.2. The lowest BCUT2D eigenvalue weighted by molar-refractivity contribution is -0.396. The highest BCUT2D eigenvalue weighted by atomic mass is 16.3. The number of quaternary nitrogens is 1. The van der Waals surface area contributed by atoms with Crippen LogP contribution in [0.4, 0.5) is 0 Å². The molecule has 0 aliphatic heterocycles. The molecule has 0 aromatic heterocycles. The van der Waals surface area contributed by atoms with Crippen molar-refractivity contribution in [3.05, 3.63) is 0 Å². The molecule has 1 saturated carbocycles. The van der Waals surface area contributed by atoms with Crippen molar-refractivity contribution < 1.29 is 10.8 Å². The summed E-state index contributed by atoms with van der Waals surface area (Å²) in [6.45, 7) is 7.66. The molecule has 72 valence electrons. The minimum atomic E-state index is -0.111. The van der Waals surface area contributed by atoms with E-state index in [4.69, 9.17) is 0 Å². The van der Waals surface area contributed by atoms with Gasteiger partial charge in [-0.25, -0.2) is 0 Å². The molecule has 2 atom stereocenters. The molecule has 0 unspecified atom stereocenters. The molecule has 1 aliphatic rings. The third-order valence-corrected chi connectivity index (χ3v) is 3.03. The molecule has 4 N–H and O–H groups in total. The minimum absolute atomic E-state index is 0.111. The van der Waals surface area contributed by atoms with Gasteiger partial charge in [0.2, 0.25) is 0 Å². The van der Waals surface area contributed by atoms with Crippen LogP contribution in [0, 0.1) is 10.8 Å². The maximum absolute atomic E-state index is 9.68. The molecule has 1 aliphatic carbocycles. The van der Waals surface area contributed by atoms with E-state index < -0.39 is 0 Å². The maximum Gasteiger partial charge on any atom is 0.0795 e. The van der Waals surface area contributed by atoms with Gasteiger partial charge in [0.05, 0.1) is 12.6 Å². The Kier molecular flexibility index (Phi) is 2.50. The first kappa shape index (κ1) is 10.0. The highest BCUT2D eigenvalue weighted by molar-refractivity contribution is 4.90. The van der Waals surface area contributed by atoms with E-state index in [1.165, 1.54) is 6.42 Å². The Morgan fingerprint density at radius 2 is 1.92 bits per heavy atom. The fraction of sp³-hybridized carbons (Fsp3) is 1.00. The first-order valence-electron chi connectivity index (χ1n) is 4.84. The third-order valence-electron chi connectivity index (χ3n) is 3.03. The van der Waals surface area contributed by atoms with Crippen molar-refractivity contribution in [1.29, 1.82) is 0 Å². The zero-order valence-corrected chi connectivity index (χ0v) is 8.56. The average molecular weight is 172 g/mol. The van der Waals surface area contributed by atoms with E-state index in [0.29, 0.717) is 5.41 Å². The quantitative estimate of drug-likeness (QED) is 0.604. The maximum atomic E-state index is 9.68. The van der Waals surface area contributed by atoms with Crippen LogP contribution in [0.2, 0.25) is 0 Å². The zero-order chi connectivity index (χ0) is 9.41. The molecule has 2 nitrogen and oxygen atoms in total. The van der Waals surface area contributed by atoms with E-state index >= 15 is 0 Å². The van der Waals surface area contributed by atoms with Gasteiger partial charge < -0.3 is 10.8 Å². The SMILES string of the molecule is CC1(C)C[C@H](O)C[C@](C)(C[NH3+])C1. The van der Waals surface area contributed by atoms with E-state index in [2.05, 4.69) is 26.5 Å². The molecular weight excluding hydrogens is 150 g/mol. The Labute approximate surface area is 75.2 Å². The lowest BCUT2D eigenvalue weighted by Gasteiger charge is -2.43. The van der Waals surface area contributed by atoms with Crippen molar-refractivity contribution in [2.75, 3.05) is 6.54 Å². The molecule has 2 heteroatoms. The largest absolute Gasteiger partial charge is 0.393 e. The predicted molar refractivity (Wildman–Crippen MR) is 49.5 cm³/mol. The molecule has 0 saturated heterocycles. The smallest absolute Gasteiger partial charge is 0.0795 e. The Morgan fingerprint density at radius 3 is 2.33 bits per heavy atom. The van der Waals surface area contributed by atoms with Crippen molar-refractivity contribution in [2.45, 2.75) is 46.1 Å². The van der Waals surface area contributed by atoms with Gasteiger partial charge in [-0.3, -0.25) is 0 Å². The van der Waals surface area contributed by atoms with E-state index in [1.54, 1.807) is 0 Å². The van der Waals surface area contributed by atoms with Gasteiger partial charge in [-0.2, -0.15) is 0 Å². The van der Waals surface area contributed by atoms with Crippen molar-refractivity contribution in [1.82, 2.24) is 0 Å². The predicted octanol–water partition coefficient (Wildman–Crippen LogP) is 0.806. The summed E-state index contributed by atoms with van der Waals surface area (Å²) >= 11 is 0. The summed E-state index contributed by atoms with van der Waals surface area (Å²) in [7, 11) is 0. The van der Waals surface area contributed by atoms with Crippen LogP contribution in [-0.2, 0) is 0 Å². The van der Waals surface area contributed by atoms with E-state index in [1.807, 2.05) is 0 Å². The standard InChI is InChI=1S/C10H21NO/c1-9(2)4-8(12)5-10(3,6-9)7-11/h8,12H,4-7,11H2,1-3H3/p+1/t8-,10-/m0/s1. The Morgan fingerprint density at radius 1 is 1.33 bits per heavy atom. The van der Waals surface area contributed by atoms with Gasteiger partial charge in [0.1, 0.15) is 0 Å². The Hall–Kier alpha value is -0.0800. The molecule has 0 spiro atoms. The summed E-state index contributed by atoms with van der Waals surface area (Å²) in [4.78, 5) is 0. The van der Waals surface area contributed by atoms with Gasteiger partial charge in [0, 0.05) is 5.41 Å². The summed E-state index contributed by atoms with van der Waals surface area (Å²) in [6, 6.07) is 0. The number of hydrogen-bond donors (Lipinski definition) is 2. The van der Waals surface area contributed by atoms with Crippen molar-refractivity contribution in [3.8, 4) is 0 Å². The molecule has 0 aromatic rings. The van der Waals surface area contributed by atoms with Crippen molar-refractivity contribution in [3.63, 3.8) is 0 Å². The molecule has 0 amide bonds. The highest BCUT2D eigenvalue weighted by Gasteiger charge is 2.40. The summed E-state index contributed by atoms with van der Waals surface area (Å²) in [5, 5.41) is 9.68. The molecule has 1 fully saturated rings. The van der Waals surface area contributed by atoms with Gasteiger partial charge in [-0.15, -0.1) is 0 Å². The van der Waals surface area contributed by atoms with Gasteiger partial charge in [0.25, 0.3) is 0 Å². The molecule has 0 heterocycles. The number of hydrogen-bond acceptors (Lipinski definition) is 1. The highest BCUT2D eigenvalue weighted by Crippen LogP contribution is 2.45. The molecule has 1 rings (SSSR count). The van der Waals surface area contributed by atoms with Gasteiger partial charge in [-0.05, 0) is 24.7 Å². The van der Waals surface area contributed by atoms with Crippen LogP contribution < -0.4 is 5.73 Å². The van der Waals surface area contributed by atoms with Gasteiger partial charge in [-0.1, -0.05) is 20.8 Å². The number of aliphatic hydroxyl groups is 1. The molecule has 0 radical (unpaired) electrons. The average Bonchev–Trinajstić information content (AvgIpc) is 1.82. The van der Waals surface area contributed by atoms with Crippen LogP contribution >= 0.6 is 0 Å². The summed E-state index contributed by atoms with van der Waals surface area (Å²) in [6.07, 6.45) is 2.96. The van der Waals surface area contributed by atoms with Crippen molar-refractivity contribution in [2.24, 2.45) is 10.8 Å². The summed E-state index contributed by atoms with van der Waals surface area (Å²) in [5.41, 5.74) is 4.53. The molecular formula is C10H22NO+. The van der Waals surface area contributed by atoms with E-state index in [-0.39, 0.29) is 11.5 Å². The van der Waals surface area contributed by atoms with Crippen molar-refractivity contribution >= 4 is 0 Å². The minimum Gasteiger partial charge on any atom is -0.393 e. The van der Waals surface area contributed by atoms with Gasteiger partial charge >= 0.3 is 0 Å². The van der Waals surface area contributed by atoms with Gasteiger partial charge in [0.15, 0.2) is 0 Å². The first-order chi connectivity index (χ1) is 5.37. The summed E-state index contributed by atoms with van der Waals surface area (Å²) in [5.74, 6) is 0. The second-order valence-corrected chi connectivity index (χ2v) is 5.46. The topological polar surface area (TPSA) is 47.9 Å². The second kappa shape index (κ2) is 3.00. The molecule has 0 aromatic carbocycles. The lowest BCUT2D eigenvalue weighted by atomic mass is 9.63. The first-order valence-corrected chi connectivity index (χ1v) is 4.84. The van der Waals surface area contributed by atoms with Crippen LogP contribution in [0.3, 0.4) is 0 Å².